The second kappa shape index (κ2) is 8.33. The second-order valence-electron chi connectivity index (χ2n) is 7.27. The van der Waals surface area contributed by atoms with Crippen molar-refractivity contribution < 1.29 is 14.3 Å². The van der Waals surface area contributed by atoms with Gasteiger partial charge in [0.05, 0.1) is 24.3 Å². The lowest BCUT2D eigenvalue weighted by molar-refractivity contribution is -0.113. The van der Waals surface area contributed by atoms with Gasteiger partial charge in [0.2, 0.25) is 0 Å². The number of nitrogens with zero attached hydrogens (tertiary/aromatic N) is 2. The summed E-state index contributed by atoms with van der Waals surface area (Å²) in [6.45, 7) is 4.79. The Morgan fingerprint density at radius 2 is 2.00 bits per heavy atom. The number of ether oxygens (including phenoxy) is 2. The summed E-state index contributed by atoms with van der Waals surface area (Å²) >= 11 is 1.42. The van der Waals surface area contributed by atoms with Crippen LogP contribution in [0.2, 0.25) is 0 Å². The lowest BCUT2D eigenvalue weighted by atomic mass is 10.0. The molecular weight excluding hydrogens is 384 g/mol. The van der Waals surface area contributed by atoms with Crippen molar-refractivity contribution in [3.05, 3.63) is 58.5 Å². The molecular formula is C23H24N2O3S. The van der Waals surface area contributed by atoms with E-state index in [1.165, 1.54) is 17.3 Å². The van der Waals surface area contributed by atoms with Crippen molar-refractivity contribution in [2.45, 2.75) is 32.7 Å². The van der Waals surface area contributed by atoms with Crippen molar-refractivity contribution in [3.8, 4) is 11.5 Å². The number of hydrogen-bond acceptors (Lipinski definition) is 5. The van der Waals surface area contributed by atoms with Crippen LogP contribution in [0.4, 0.5) is 5.69 Å². The van der Waals surface area contributed by atoms with E-state index in [0.29, 0.717) is 10.1 Å². The van der Waals surface area contributed by atoms with Gasteiger partial charge in [0.15, 0.2) is 5.17 Å². The lowest BCUT2D eigenvalue weighted by Crippen LogP contribution is -2.29. The molecule has 2 aliphatic rings. The quantitative estimate of drug-likeness (QED) is 0.675. The van der Waals surface area contributed by atoms with E-state index in [1.807, 2.05) is 56.3 Å². The number of amidine groups is 1. The molecule has 2 aromatic rings. The van der Waals surface area contributed by atoms with E-state index >= 15 is 0 Å². The zero-order valence-corrected chi connectivity index (χ0v) is 17.7. The van der Waals surface area contributed by atoms with Gasteiger partial charge in [0.1, 0.15) is 11.5 Å². The monoisotopic (exact) mass is 408 g/mol. The van der Waals surface area contributed by atoms with Gasteiger partial charge in [-0.1, -0.05) is 6.07 Å². The van der Waals surface area contributed by atoms with E-state index < -0.39 is 0 Å². The number of thioether (sulfide) groups is 1. The van der Waals surface area contributed by atoms with E-state index in [2.05, 4.69) is 11.1 Å². The Labute approximate surface area is 175 Å². The minimum atomic E-state index is -0.0615. The molecule has 1 fully saturated rings. The fourth-order valence-corrected chi connectivity index (χ4v) is 4.47. The molecule has 29 heavy (non-hydrogen) atoms. The first kappa shape index (κ1) is 19.6. The molecule has 2 aliphatic heterocycles. The third-order valence-corrected chi connectivity index (χ3v) is 5.72. The largest absolute Gasteiger partial charge is 0.497 e. The van der Waals surface area contributed by atoms with E-state index in [1.54, 1.807) is 12.0 Å². The highest BCUT2D eigenvalue weighted by atomic mass is 32.2. The summed E-state index contributed by atoms with van der Waals surface area (Å²) in [6, 6.07) is 13.7. The highest BCUT2D eigenvalue weighted by Gasteiger charge is 2.34. The van der Waals surface area contributed by atoms with Crippen molar-refractivity contribution in [3.63, 3.8) is 0 Å². The second-order valence-corrected chi connectivity index (χ2v) is 8.28. The molecule has 4 rings (SSSR count). The Morgan fingerprint density at radius 3 is 2.72 bits per heavy atom. The highest BCUT2D eigenvalue weighted by Crippen LogP contribution is 2.37. The Balaban J connectivity index is 1.68. The summed E-state index contributed by atoms with van der Waals surface area (Å²) in [7, 11) is 1.63. The Morgan fingerprint density at radius 1 is 1.21 bits per heavy atom. The zero-order chi connectivity index (χ0) is 20.4. The first-order chi connectivity index (χ1) is 14.0. The van der Waals surface area contributed by atoms with Gasteiger partial charge in [0, 0.05) is 6.04 Å². The van der Waals surface area contributed by atoms with E-state index in [0.717, 1.165) is 42.2 Å². The number of rotatable bonds is 4. The number of benzene rings is 2. The number of amides is 1. The van der Waals surface area contributed by atoms with Crippen LogP contribution in [0.15, 0.2) is 52.4 Å². The van der Waals surface area contributed by atoms with Crippen molar-refractivity contribution in [2.24, 2.45) is 4.99 Å². The van der Waals surface area contributed by atoms with Crippen LogP contribution in [0.1, 0.15) is 31.4 Å². The van der Waals surface area contributed by atoms with Gasteiger partial charge in [-0.2, -0.15) is 0 Å². The molecule has 2 heterocycles. The van der Waals surface area contributed by atoms with Crippen LogP contribution in [-0.2, 0) is 11.2 Å². The van der Waals surface area contributed by atoms with Gasteiger partial charge in [0.25, 0.3) is 5.91 Å². The summed E-state index contributed by atoms with van der Waals surface area (Å²) in [5.74, 6) is 1.64. The molecule has 0 radical (unpaired) electrons. The Kier molecular flexibility index (Phi) is 5.62. The van der Waals surface area contributed by atoms with Crippen LogP contribution >= 0.6 is 11.8 Å². The predicted octanol–water partition coefficient (Wildman–Crippen LogP) is 4.91. The fraction of sp³-hybridized carbons (Fsp3) is 0.304. The fourth-order valence-electron chi connectivity index (χ4n) is 3.36. The average molecular weight is 409 g/mol. The number of aryl methyl sites for hydroxylation is 1. The van der Waals surface area contributed by atoms with Crippen molar-refractivity contribution in [1.29, 1.82) is 0 Å². The summed E-state index contributed by atoms with van der Waals surface area (Å²) in [5, 5.41) is 0.697. The topological polar surface area (TPSA) is 51.1 Å². The smallest absolute Gasteiger partial charge is 0.271 e. The van der Waals surface area contributed by atoms with E-state index in [-0.39, 0.29) is 11.9 Å². The Bertz CT molecular complexity index is 980. The van der Waals surface area contributed by atoms with E-state index in [9.17, 15) is 4.79 Å². The third kappa shape index (κ3) is 4.17. The maximum absolute atomic E-state index is 13.2. The van der Waals surface area contributed by atoms with Gasteiger partial charge >= 0.3 is 0 Å². The SMILES string of the molecule is COc1ccc(N2C(=O)/C(=C/c3ccc4c(c3)CCCO4)SC2=NC(C)C)cc1. The van der Waals surface area contributed by atoms with Crippen molar-refractivity contribution in [2.75, 3.05) is 18.6 Å². The summed E-state index contributed by atoms with van der Waals surface area (Å²) in [6.07, 6.45) is 3.98. The summed E-state index contributed by atoms with van der Waals surface area (Å²) < 4.78 is 10.9. The molecule has 6 heteroatoms. The van der Waals surface area contributed by atoms with E-state index in [4.69, 9.17) is 9.47 Å². The van der Waals surface area contributed by atoms with Crippen LogP contribution in [0.5, 0.6) is 11.5 Å². The zero-order valence-electron chi connectivity index (χ0n) is 16.8. The maximum Gasteiger partial charge on any atom is 0.271 e. The number of fused-ring (bicyclic) bond motifs is 1. The molecule has 0 aliphatic carbocycles. The molecule has 0 atom stereocenters. The molecule has 2 aromatic carbocycles. The summed E-state index contributed by atoms with van der Waals surface area (Å²) in [5.41, 5.74) is 2.99. The average Bonchev–Trinajstić information content (AvgIpc) is 3.02. The lowest BCUT2D eigenvalue weighted by Gasteiger charge is -2.17. The number of aliphatic imine (C=N–C) groups is 1. The predicted molar refractivity (Wildman–Crippen MR) is 119 cm³/mol. The van der Waals surface area contributed by atoms with Gasteiger partial charge in [-0.05, 0) is 92.1 Å². The first-order valence-electron chi connectivity index (χ1n) is 9.77. The number of anilines is 1. The number of hydrogen-bond donors (Lipinski definition) is 0. The van der Waals surface area contributed by atoms with Crippen molar-refractivity contribution in [1.82, 2.24) is 0 Å². The summed E-state index contributed by atoms with van der Waals surface area (Å²) in [4.78, 5) is 20.3. The molecule has 150 valence electrons. The molecule has 5 nitrogen and oxygen atoms in total. The van der Waals surface area contributed by atoms with Gasteiger partial charge < -0.3 is 9.47 Å². The normalized spacial score (nSPS) is 19.0. The minimum Gasteiger partial charge on any atom is -0.497 e. The van der Waals surface area contributed by atoms with Gasteiger partial charge in [-0.25, -0.2) is 0 Å². The molecule has 0 unspecified atom stereocenters. The molecule has 1 saturated heterocycles. The molecule has 0 N–H and O–H groups in total. The number of carbonyl (C=O) groups excluding carboxylic acids is 1. The maximum atomic E-state index is 13.2. The van der Waals surface area contributed by atoms with Gasteiger partial charge in [-0.3, -0.25) is 14.7 Å². The van der Waals surface area contributed by atoms with Crippen LogP contribution in [-0.4, -0.2) is 30.8 Å². The number of carbonyl (C=O) groups is 1. The minimum absolute atomic E-state index is 0.0615. The molecule has 1 amide bonds. The molecule has 0 bridgehead atoms. The number of methoxy groups -OCH3 is 1. The Hall–Kier alpha value is -2.73. The first-order valence-corrected chi connectivity index (χ1v) is 10.6. The van der Waals surface area contributed by atoms with Crippen LogP contribution in [0.3, 0.4) is 0 Å². The third-order valence-electron chi connectivity index (χ3n) is 4.74. The van der Waals surface area contributed by atoms with Crippen LogP contribution in [0, 0.1) is 0 Å². The molecule has 0 aromatic heterocycles. The van der Waals surface area contributed by atoms with Crippen LogP contribution < -0.4 is 14.4 Å². The molecule has 0 saturated carbocycles. The van der Waals surface area contributed by atoms with Crippen molar-refractivity contribution >= 4 is 34.6 Å². The van der Waals surface area contributed by atoms with Gasteiger partial charge in [-0.15, -0.1) is 0 Å². The molecule has 0 spiro atoms. The van der Waals surface area contributed by atoms with Crippen LogP contribution in [0.25, 0.3) is 6.08 Å². The standard InChI is InChI=1S/C23H24N2O3S/c1-15(2)24-23-25(18-7-9-19(27-3)10-8-18)22(26)21(29-23)14-16-6-11-20-17(13-16)5-4-12-28-20/h6-11,13-15H,4-5,12H2,1-3H3/b21-14-,24-23?. The highest BCUT2D eigenvalue weighted by molar-refractivity contribution is 8.19.